The van der Waals surface area contributed by atoms with Crippen LogP contribution >= 0.6 is 0 Å². The predicted molar refractivity (Wildman–Crippen MR) is 136 cm³/mol. The molecule has 3 heteroatoms. The van der Waals surface area contributed by atoms with E-state index in [2.05, 4.69) is 58.3 Å². The van der Waals surface area contributed by atoms with E-state index in [0.717, 1.165) is 25.2 Å². The first-order valence-corrected chi connectivity index (χ1v) is 13.2. The molecule has 1 saturated heterocycles. The lowest BCUT2D eigenvalue weighted by Gasteiger charge is -2.26. The van der Waals surface area contributed by atoms with Gasteiger partial charge in [-0.15, -0.1) is 0 Å². The van der Waals surface area contributed by atoms with Gasteiger partial charge >= 0.3 is 0 Å². The van der Waals surface area contributed by atoms with Crippen LogP contribution in [0.4, 0.5) is 5.69 Å². The van der Waals surface area contributed by atoms with E-state index in [1.165, 1.54) is 107 Å². The Morgan fingerprint density at radius 3 is 2.41 bits per heavy atom. The van der Waals surface area contributed by atoms with E-state index in [9.17, 15) is 0 Å². The first kappa shape index (κ1) is 23.2. The number of likely N-dealkylation sites (tertiary alicyclic amines) is 1. The van der Waals surface area contributed by atoms with Crippen molar-refractivity contribution >= 4 is 5.69 Å². The van der Waals surface area contributed by atoms with Gasteiger partial charge in [0, 0.05) is 25.3 Å². The number of hydrogen-bond acceptors (Lipinski definition) is 3. The molecule has 174 valence electrons. The summed E-state index contributed by atoms with van der Waals surface area (Å²) in [4.78, 5) is 5.18. The largest absolute Gasteiger partial charge is 0.494 e. The normalized spacial score (nSPS) is 16.3. The molecular formula is C29H42N2O. The molecule has 0 bridgehead atoms. The fourth-order valence-electron chi connectivity index (χ4n) is 5.24. The van der Waals surface area contributed by atoms with Gasteiger partial charge in [0.2, 0.25) is 0 Å². The number of rotatable bonds is 13. The standard InChI is InChI=1S/C29H42N2O/c1(2-6-13-26-14-7-4-8-15-26)3-11-22-31-23-18-27-25-28(16-17-29(27)31)32-24-12-21-30-19-9-5-10-20-30/h4,7-8,14-17,25H,1-3,5-6,9-13,18-24H2. The molecule has 0 atom stereocenters. The SMILES string of the molecule is c1ccc(CCCCCCCN2CCc3cc(OCCCN4CCCCC4)ccc32)cc1. The smallest absolute Gasteiger partial charge is 0.119 e. The van der Waals surface area contributed by atoms with Crippen LogP contribution in [0.25, 0.3) is 0 Å². The molecule has 0 amide bonds. The molecule has 1 fully saturated rings. The Hall–Kier alpha value is -2.00. The molecule has 2 heterocycles. The molecule has 0 radical (unpaired) electrons. The van der Waals surface area contributed by atoms with Crippen molar-refractivity contribution in [2.45, 2.75) is 70.6 Å². The van der Waals surface area contributed by atoms with E-state index >= 15 is 0 Å². The second-order valence-electron chi connectivity index (χ2n) is 9.64. The van der Waals surface area contributed by atoms with Crippen molar-refractivity contribution in [3.63, 3.8) is 0 Å². The number of anilines is 1. The third kappa shape index (κ3) is 7.27. The summed E-state index contributed by atoms with van der Waals surface area (Å²) in [6, 6.07) is 17.7. The number of benzene rings is 2. The molecule has 4 rings (SSSR count). The number of aryl methyl sites for hydroxylation is 1. The van der Waals surface area contributed by atoms with Gasteiger partial charge in [-0.2, -0.15) is 0 Å². The van der Waals surface area contributed by atoms with Crippen molar-refractivity contribution in [3.8, 4) is 5.75 Å². The number of fused-ring (bicyclic) bond motifs is 1. The Balaban J connectivity index is 1.08. The zero-order valence-corrected chi connectivity index (χ0v) is 19.9. The van der Waals surface area contributed by atoms with E-state index in [0.29, 0.717) is 0 Å². The maximum atomic E-state index is 6.08. The van der Waals surface area contributed by atoms with Crippen molar-refractivity contribution in [2.24, 2.45) is 0 Å². The van der Waals surface area contributed by atoms with Crippen molar-refractivity contribution in [3.05, 3.63) is 59.7 Å². The zero-order valence-electron chi connectivity index (χ0n) is 19.9. The molecule has 2 aliphatic rings. The van der Waals surface area contributed by atoms with Crippen molar-refractivity contribution < 1.29 is 4.74 Å². The van der Waals surface area contributed by atoms with Gasteiger partial charge < -0.3 is 14.5 Å². The zero-order chi connectivity index (χ0) is 21.8. The highest BCUT2D eigenvalue weighted by atomic mass is 16.5. The fraction of sp³-hybridized carbons (Fsp3) is 0.586. The number of nitrogens with zero attached hydrogens (tertiary/aromatic N) is 2. The van der Waals surface area contributed by atoms with Crippen molar-refractivity contribution in [1.82, 2.24) is 4.90 Å². The van der Waals surface area contributed by atoms with Gasteiger partial charge in [-0.1, -0.05) is 56.0 Å². The van der Waals surface area contributed by atoms with Crippen LogP contribution in [0.2, 0.25) is 0 Å². The van der Waals surface area contributed by atoms with Gasteiger partial charge in [-0.05, 0) is 87.4 Å². The molecule has 0 aliphatic carbocycles. The molecule has 0 N–H and O–H groups in total. The van der Waals surface area contributed by atoms with Crippen LogP contribution in [-0.2, 0) is 12.8 Å². The van der Waals surface area contributed by atoms with Crippen LogP contribution < -0.4 is 9.64 Å². The van der Waals surface area contributed by atoms with E-state index in [-0.39, 0.29) is 0 Å². The van der Waals surface area contributed by atoms with Crippen molar-refractivity contribution in [1.29, 1.82) is 0 Å². The third-order valence-corrected chi connectivity index (χ3v) is 7.12. The summed E-state index contributed by atoms with van der Waals surface area (Å²) in [5, 5.41) is 0. The van der Waals surface area contributed by atoms with Crippen LogP contribution in [0.1, 0.15) is 68.9 Å². The van der Waals surface area contributed by atoms with Gasteiger partial charge in [0.1, 0.15) is 5.75 Å². The summed E-state index contributed by atoms with van der Waals surface area (Å²) in [6.07, 6.45) is 14.4. The number of ether oxygens (including phenoxy) is 1. The Kier molecular flexibility index (Phi) is 9.33. The highest BCUT2D eigenvalue weighted by molar-refractivity contribution is 5.60. The van der Waals surface area contributed by atoms with Gasteiger partial charge in [-0.25, -0.2) is 0 Å². The van der Waals surface area contributed by atoms with Crippen LogP contribution in [0, 0.1) is 0 Å². The summed E-state index contributed by atoms with van der Waals surface area (Å²) in [6.45, 7) is 6.95. The lowest BCUT2D eigenvalue weighted by molar-refractivity contribution is 0.205. The lowest BCUT2D eigenvalue weighted by Crippen LogP contribution is -2.31. The quantitative estimate of drug-likeness (QED) is 0.335. The Labute approximate surface area is 195 Å². The molecule has 2 aromatic carbocycles. The first-order valence-electron chi connectivity index (χ1n) is 13.2. The van der Waals surface area contributed by atoms with Gasteiger partial charge in [0.15, 0.2) is 0 Å². The Bertz CT molecular complexity index is 785. The molecule has 32 heavy (non-hydrogen) atoms. The maximum absolute atomic E-state index is 6.08. The molecule has 0 unspecified atom stereocenters. The average molecular weight is 435 g/mol. The molecule has 0 spiro atoms. The number of piperidine rings is 1. The van der Waals surface area contributed by atoms with E-state index < -0.39 is 0 Å². The summed E-state index contributed by atoms with van der Waals surface area (Å²) in [5.74, 6) is 1.06. The van der Waals surface area contributed by atoms with Gasteiger partial charge in [0.25, 0.3) is 0 Å². The molecule has 2 aromatic rings. The van der Waals surface area contributed by atoms with Gasteiger partial charge in [0.05, 0.1) is 6.61 Å². The lowest BCUT2D eigenvalue weighted by atomic mass is 10.1. The second kappa shape index (κ2) is 12.9. The second-order valence-corrected chi connectivity index (χ2v) is 9.64. The molecule has 2 aliphatic heterocycles. The van der Waals surface area contributed by atoms with Crippen LogP contribution in [0.3, 0.4) is 0 Å². The molecule has 0 aromatic heterocycles. The third-order valence-electron chi connectivity index (χ3n) is 7.12. The summed E-state index contributed by atoms with van der Waals surface area (Å²) >= 11 is 0. The topological polar surface area (TPSA) is 15.7 Å². The molecule has 3 nitrogen and oxygen atoms in total. The monoisotopic (exact) mass is 434 g/mol. The minimum Gasteiger partial charge on any atom is -0.494 e. The minimum atomic E-state index is 0.837. The first-order chi connectivity index (χ1) is 15.9. The van der Waals surface area contributed by atoms with Crippen LogP contribution in [0.15, 0.2) is 48.5 Å². The summed E-state index contributed by atoms with van der Waals surface area (Å²) in [5.41, 5.74) is 4.39. The van der Waals surface area contributed by atoms with E-state index in [1.54, 1.807) is 0 Å². The fourth-order valence-corrected chi connectivity index (χ4v) is 5.24. The summed E-state index contributed by atoms with van der Waals surface area (Å²) < 4.78 is 6.08. The maximum Gasteiger partial charge on any atom is 0.119 e. The van der Waals surface area contributed by atoms with Crippen LogP contribution in [-0.4, -0.2) is 44.2 Å². The summed E-state index contributed by atoms with van der Waals surface area (Å²) in [7, 11) is 0. The van der Waals surface area contributed by atoms with E-state index in [4.69, 9.17) is 4.74 Å². The Morgan fingerprint density at radius 2 is 1.53 bits per heavy atom. The van der Waals surface area contributed by atoms with Crippen molar-refractivity contribution in [2.75, 3.05) is 44.2 Å². The van der Waals surface area contributed by atoms with Gasteiger partial charge in [-0.3, -0.25) is 0 Å². The predicted octanol–water partition coefficient (Wildman–Crippen LogP) is 6.50. The molecular weight excluding hydrogens is 392 g/mol. The van der Waals surface area contributed by atoms with E-state index in [1.807, 2.05) is 0 Å². The number of hydrogen-bond donors (Lipinski definition) is 0. The Morgan fingerprint density at radius 1 is 0.719 bits per heavy atom. The molecule has 0 saturated carbocycles. The highest BCUT2D eigenvalue weighted by Gasteiger charge is 2.19. The number of unbranched alkanes of at least 4 members (excludes halogenated alkanes) is 4. The van der Waals surface area contributed by atoms with Crippen LogP contribution in [0.5, 0.6) is 5.75 Å². The minimum absolute atomic E-state index is 0.837. The highest BCUT2D eigenvalue weighted by Crippen LogP contribution is 2.31. The average Bonchev–Trinajstić information content (AvgIpc) is 3.25.